The molecule has 0 radical (unpaired) electrons. The normalized spacial score (nSPS) is 18.8. The molecule has 0 spiro atoms. The number of nitriles is 1. The van der Waals surface area contributed by atoms with E-state index in [1.54, 1.807) is 54.7 Å². The van der Waals surface area contributed by atoms with E-state index in [1.165, 1.54) is 30.2 Å². The first-order valence-electron chi connectivity index (χ1n) is 27.0. The van der Waals surface area contributed by atoms with Gasteiger partial charge in [-0.2, -0.15) is 5.26 Å². The Morgan fingerprint density at radius 3 is 2.21 bits per heavy atom. The van der Waals surface area contributed by atoms with Crippen molar-refractivity contribution in [3.8, 4) is 16.8 Å². The van der Waals surface area contributed by atoms with Crippen molar-refractivity contribution in [2.24, 2.45) is 10.4 Å². The summed E-state index contributed by atoms with van der Waals surface area (Å²) in [4.78, 5) is 47.9. The molecule has 2 aliphatic heterocycles. The summed E-state index contributed by atoms with van der Waals surface area (Å²) in [6.45, 7) is 15.9. The molecule has 0 saturated carbocycles. The number of methoxy groups -OCH3 is 1. The molecule has 0 unspecified atom stereocenters. The van der Waals surface area contributed by atoms with E-state index in [1.807, 2.05) is 56.5 Å². The smallest absolute Gasteiger partial charge is 0.163 e. The predicted octanol–water partition coefficient (Wildman–Crippen LogP) is 12.6. The number of hydrogen-bond donors (Lipinski definition) is 1. The van der Waals surface area contributed by atoms with Crippen molar-refractivity contribution in [2.45, 2.75) is 123 Å². The first-order chi connectivity index (χ1) is 38.3. The summed E-state index contributed by atoms with van der Waals surface area (Å²) in [6.07, 6.45) is 1.88. The summed E-state index contributed by atoms with van der Waals surface area (Å²) < 4.78 is 57.4. The molecule has 2 aliphatic rings. The lowest BCUT2D eigenvalue weighted by Crippen LogP contribution is -2.44. The molecule has 18 heteroatoms. The topological polar surface area (TPSA) is 167 Å². The Bertz CT molecular complexity index is 3310. The van der Waals surface area contributed by atoms with E-state index < -0.39 is 41.1 Å². The van der Waals surface area contributed by atoms with E-state index in [9.17, 15) is 19.6 Å². The van der Waals surface area contributed by atoms with Crippen LogP contribution >= 0.6 is 34.5 Å². The minimum absolute atomic E-state index is 0.0315. The molecule has 2 aromatic heterocycles. The molecule has 5 atom stereocenters. The van der Waals surface area contributed by atoms with Crippen LogP contribution in [0.5, 0.6) is 5.75 Å². The van der Waals surface area contributed by atoms with Gasteiger partial charge in [-0.3, -0.25) is 23.9 Å². The van der Waals surface area contributed by atoms with Crippen LogP contribution in [-0.2, 0) is 35.6 Å². The second-order valence-corrected chi connectivity index (χ2v) is 23.9. The number of fused-ring (bicyclic) bond motifs is 3. The summed E-state index contributed by atoms with van der Waals surface area (Å²) in [6, 6.07) is 21.6. The minimum Gasteiger partial charge on any atom is -0.496 e. The van der Waals surface area contributed by atoms with E-state index in [-0.39, 0.29) is 58.2 Å². The summed E-state index contributed by atoms with van der Waals surface area (Å²) >= 11 is 14.3. The fourth-order valence-electron chi connectivity index (χ4n) is 10.9. The Balaban J connectivity index is 0.776. The van der Waals surface area contributed by atoms with Crippen LogP contribution in [-0.4, -0.2) is 96.7 Å². The molecule has 80 heavy (non-hydrogen) atoms. The third kappa shape index (κ3) is 13.3. The quantitative estimate of drug-likeness (QED) is 0.0428. The number of benzene rings is 4. The fourth-order valence-corrected chi connectivity index (χ4v) is 12.5. The maximum Gasteiger partial charge on any atom is 0.163 e. The van der Waals surface area contributed by atoms with E-state index in [2.05, 4.69) is 35.4 Å². The SMILES string of the molecule is COc1cc(C(=O)CCCOCCOCCOCCCC(=O)C[C@@H]2N=C(c3ccc(Cl)cc3)c3c(sc(C)c3C)-n3c(C)nnc32)ccc1CC(=O)[C@H]1N[C@H](CC(C)(C)C)[C@@](C#N)(c2ccc(C)cc2F)[C@@H]1c1cccc(Cl)c1F. The van der Waals surface area contributed by atoms with Crippen molar-refractivity contribution < 1.29 is 42.1 Å². The average molecular weight is 1150 g/mol. The van der Waals surface area contributed by atoms with Crippen LogP contribution in [0.15, 0.2) is 83.9 Å². The van der Waals surface area contributed by atoms with Crippen LogP contribution < -0.4 is 10.1 Å². The number of ether oxygens (including phenoxy) is 4. The number of aryl methyl sites for hydroxylation is 3. The number of hydrogen-bond acceptors (Lipinski definition) is 13. The van der Waals surface area contributed by atoms with Gasteiger partial charge in [0, 0.05) is 88.6 Å². The van der Waals surface area contributed by atoms with Gasteiger partial charge in [-0.05, 0) is 99.4 Å². The zero-order valence-electron chi connectivity index (χ0n) is 46.5. The highest BCUT2D eigenvalue weighted by molar-refractivity contribution is 7.15. The van der Waals surface area contributed by atoms with Crippen molar-refractivity contribution in [3.05, 3.63) is 162 Å². The Morgan fingerprint density at radius 2 is 1.55 bits per heavy atom. The second kappa shape index (κ2) is 26.3. The third-order valence-corrected chi connectivity index (χ3v) is 16.7. The first kappa shape index (κ1) is 60.1. The molecule has 1 N–H and O–H groups in total. The van der Waals surface area contributed by atoms with Crippen molar-refractivity contribution >= 4 is 57.6 Å². The fraction of sp³-hybridized carbons (Fsp3) is 0.435. The van der Waals surface area contributed by atoms with Gasteiger partial charge in [0.1, 0.15) is 45.4 Å². The number of Topliss-reactive ketones (excluding diaryl/α,β-unsaturated/α-hetero) is 3. The van der Waals surface area contributed by atoms with Crippen LogP contribution in [0.1, 0.15) is 137 Å². The Morgan fingerprint density at radius 1 is 0.863 bits per heavy atom. The van der Waals surface area contributed by atoms with Crippen molar-refractivity contribution in [3.63, 3.8) is 0 Å². The molecule has 422 valence electrons. The van der Waals surface area contributed by atoms with Gasteiger partial charge in [0.05, 0.1) is 56.4 Å². The maximum absolute atomic E-state index is 16.2. The molecule has 4 heterocycles. The maximum atomic E-state index is 16.2. The van der Waals surface area contributed by atoms with Gasteiger partial charge in [0.25, 0.3) is 0 Å². The summed E-state index contributed by atoms with van der Waals surface area (Å²) in [5.41, 5.74) is 3.40. The third-order valence-electron chi connectivity index (χ3n) is 14.9. The molecular weight excluding hydrogens is 1080 g/mol. The van der Waals surface area contributed by atoms with E-state index in [0.29, 0.717) is 98.6 Å². The van der Waals surface area contributed by atoms with Crippen LogP contribution in [0, 0.1) is 56.1 Å². The number of ketones is 3. The lowest BCUT2D eigenvalue weighted by atomic mass is 9.62. The number of aliphatic imine (C=N–C) groups is 1. The van der Waals surface area contributed by atoms with Crippen molar-refractivity contribution in [2.75, 3.05) is 46.8 Å². The Hall–Kier alpha value is -6.03. The summed E-state index contributed by atoms with van der Waals surface area (Å²) in [7, 11) is 1.45. The highest BCUT2D eigenvalue weighted by Crippen LogP contribution is 2.53. The molecule has 4 aromatic carbocycles. The Labute approximate surface area is 481 Å². The lowest BCUT2D eigenvalue weighted by Gasteiger charge is -2.37. The Kier molecular flexibility index (Phi) is 19.7. The molecule has 1 saturated heterocycles. The van der Waals surface area contributed by atoms with Gasteiger partial charge in [-0.25, -0.2) is 8.78 Å². The molecular formula is C62H68Cl2F2N6O7S. The number of carbonyl (C=O) groups excluding carboxylic acids is 3. The standard InChI is InChI=1S/C62H68Cl2F2N6O7S/c1-36-16-23-46(48(65)30-36)62(35-67)53(34-61(5,6)7)69-58(55(62)45-13-9-14-47(64)56(45)66)51(75)31-42-18-17-41(32-52(42)76-8)50(74)15-11-25-78-27-29-79-28-26-77-24-10-12-44(73)33-49-59-71-70-39(4)72(59)60-54(37(2)38(3)80-60)57(68-49)40-19-21-43(63)22-20-40/h9,13-14,16-23,30,32,49,53,55,58,69H,10-12,15,24-29,31,33-34H2,1-8H3/t49-,53+,55+,58+,62+/m0/s1. The number of halogens is 4. The molecule has 0 bridgehead atoms. The largest absolute Gasteiger partial charge is 0.496 e. The van der Waals surface area contributed by atoms with E-state index >= 15 is 8.78 Å². The second-order valence-electron chi connectivity index (χ2n) is 21.8. The average Bonchev–Trinajstić information content (AvgIpc) is 4.24. The summed E-state index contributed by atoms with van der Waals surface area (Å²) in [5.74, 6) is -1.34. The van der Waals surface area contributed by atoms with Crippen molar-refractivity contribution in [1.29, 1.82) is 5.26 Å². The van der Waals surface area contributed by atoms with Gasteiger partial charge in [-0.15, -0.1) is 21.5 Å². The first-order valence-corrected chi connectivity index (χ1v) is 28.6. The van der Waals surface area contributed by atoms with Gasteiger partial charge in [0.15, 0.2) is 17.4 Å². The monoisotopic (exact) mass is 1150 g/mol. The van der Waals surface area contributed by atoms with Gasteiger partial charge in [0.2, 0.25) is 0 Å². The minimum atomic E-state index is -1.71. The van der Waals surface area contributed by atoms with Crippen LogP contribution in [0.2, 0.25) is 10.0 Å². The van der Waals surface area contributed by atoms with Crippen molar-refractivity contribution in [1.82, 2.24) is 20.1 Å². The van der Waals surface area contributed by atoms with Gasteiger partial charge < -0.3 is 24.3 Å². The molecule has 0 aliphatic carbocycles. The number of nitrogens with one attached hydrogen (secondary N) is 1. The molecule has 1 fully saturated rings. The molecule has 8 rings (SSSR count). The number of thiophene rings is 1. The number of rotatable bonds is 25. The van der Waals surface area contributed by atoms with Crippen LogP contribution in [0.3, 0.4) is 0 Å². The van der Waals surface area contributed by atoms with E-state index in [0.717, 1.165) is 33.2 Å². The van der Waals surface area contributed by atoms with Crippen LogP contribution in [0.25, 0.3) is 5.00 Å². The van der Waals surface area contributed by atoms with Gasteiger partial charge >= 0.3 is 0 Å². The highest BCUT2D eigenvalue weighted by atomic mass is 35.5. The highest BCUT2D eigenvalue weighted by Gasteiger charge is 2.61. The predicted molar refractivity (Wildman–Crippen MR) is 307 cm³/mol. The summed E-state index contributed by atoms with van der Waals surface area (Å²) in [5, 5.41) is 25.0. The number of nitrogens with zero attached hydrogens (tertiary/aromatic N) is 5. The number of carbonyl (C=O) groups is 3. The lowest BCUT2D eigenvalue weighted by molar-refractivity contribution is -0.121. The molecule has 13 nitrogen and oxygen atoms in total. The van der Waals surface area contributed by atoms with E-state index in [4.69, 9.17) is 47.1 Å². The zero-order chi connectivity index (χ0) is 57.5. The zero-order valence-corrected chi connectivity index (χ0v) is 48.8. The van der Waals surface area contributed by atoms with Crippen LogP contribution in [0.4, 0.5) is 8.78 Å². The molecule has 6 aromatic rings. The van der Waals surface area contributed by atoms with Gasteiger partial charge in [-0.1, -0.05) is 92.5 Å². The number of aromatic nitrogens is 3. The molecule has 0 amide bonds.